The standard InChI is InChI=1S/C52H36N2S/c1-3-12-34(13-4-1)41-26-23-38(36-24-28-50-45(31-36)43-17-7-9-20-49(43)54(50)40-15-5-2-6-16-40)33-48(41)53-47-19-11-14-39-30-35(22-27-42(39)47)37-25-29-52-46(32-37)44-18-8-10-21-51(44)55-52/h1-3,5-12,14-33,53H,4,13H2. The predicted octanol–water partition coefficient (Wildman–Crippen LogP) is 15.1. The van der Waals surface area contributed by atoms with Gasteiger partial charge in [0, 0.05) is 59.0 Å². The van der Waals surface area contributed by atoms with Gasteiger partial charge in [0.25, 0.3) is 0 Å². The molecule has 0 spiro atoms. The quantitative estimate of drug-likeness (QED) is 0.181. The number of rotatable bonds is 6. The normalized spacial score (nSPS) is 13.0. The monoisotopic (exact) mass is 720 g/mol. The number of fused-ring (bicyclic) bond motifs is 7. The van der Waals surface area contributed by atoms with Crippen molar-refractivity contribution in [3.8, 4) is 27.9 Å². The van der Waals surface area contributed by atoms with Gasteiger partial charge in [0.15, 0.2) is 0 Å². The van der Waals surface area contributed by atoms with E-state index in [2.05, 4.69) is 198 Å². The number of benzene rings is 8. The van der Waals surface area contributed by atoms with Crippen LogP contribution in [0.2, 0.25) is 0 Å². The van der Waals surface area contributed by atoms with Crippen molar-refractivity contribution >= 4 is 81.0 Å². The van der Waals surface area contributed by atoms with Crippen LogP contribution in [0.3, 0.4) is 0 Å². The predicted molar refractivity (Wildman–Crippen MR) is 238 cm³/mol. The van der Waals surface area contributed by atoms with Crippen LogP contribution in [-0.4, -0.2) is 4.57 Å². The maximum absolute atomic E-state index is 3.95. The highest BCUT2D eigenvalue weighted by molar-refractivity contribution is 7.25. The molecule has 0 radical (unpaired) electrons. The topological polar surface area (TPSA) is 17.0 Å². The first-order valence-corrected chi connectivity index (χ1v) is 19.9. The van der Waals surface area contributed by atoms with E-state index in [1.807, 2.05) is 11.3 Å². The Balaban J connectivity index is 1.00. The molecule has 2 heterocycles. The van der Waals surface area contributed by atoms with Gasteiger partial charge < -0.3 is 9.88 Å². The van der Waals surface area contributed by atoms with Gasteiger partial charge in [0.1, 0.15) is 0 Å². The maximum Gasteiger partial charge on any atom is 0.0541 e. The zero-order chi connectivity index (χ0) is 36.3. The number of hydrogen-bond acceptors (Lipinski definition) is 2. The summed E-state index contributed by atoms with van der Waals surface area (Å²) < 4.78 is 5.04. The molecular formula is C52H36N2S. The van der Waals surface area contributed by atoms with Crippen molar-refractivity contribution in [2.75, 3.05) is 5.32 Å². The van der Waals surface area contributed by atoms with Crippen LogP contribution >= 0.6 is 11.3 Å². The van der Waals surface area contributed by atoms with Crippen LogP contribution in [0.15, 0.2) is 188 Å². The van der Waals surface area contributed by atoms with E-state index in [0.717, 1.165) is 24.2 Å². The van der Waals surface area contributed by atoms with Crippen molar-refractivity contribution in [3.63, 3.8) is 0 Å². The molecular weight excluding hydrogens is 685 g/mol. The lowest BCUT2D eigenvalue weighted by Gasteiger charge is -2.19. The number of allylic oxidation sites excluding steroid dienone is 4. The molecule has 0 atom stereocenters. The fraction of sp³-hybridized carbons (Fsp3) is 0.0385. The minimum absolute atomic E-state index is 1.03. The van der Waals surface area contributed by atoms with Crippen LogP contribution in [0, 0.1) is 0 Å². The summed E-state index contributed by atoms with van der Waals surface area (Å²) in [5.74, 6) is 0. The van der Waals surface area contributed by atoms with Crippen LogP contribution in [0.25, 0.3) is 86.3 Å². The van der Waals surface area contributed by atoms with Crippen LogP contribution in [0.4, 0.5) is 11.4 Å². The highest BCUT2D eigenvalue weighted by Crippen LogP contribution is 2.41. The van der Waals surface area contributed by atoms with E-state index in [1.54, 1.807) is 0 Å². The van der Waals surface area contributed by atoms with Crippen molar-refractivity contribution < 1.29 is 0 Å². The van der Waals surface area contributed by atoms with Gasteiger partial charge in [-0.25, -0.2) is 0 Å². The SMILES string of the molecule is C1=CCCC(c2ccc(-c3ccc4c(c3)c3ccccc3n4-c3ccccc3)cc2Nc2cccc3cc(-c4ccc5sc6ccccc6c5c4)ccc23)=C1. The second kappa shape index (κ2) is 13.0. The summed E-state index contributed by atoms with van der Waals surface area (Å²) in [6, 6.07) is 62.4. The summed E-state index contributed by atoms with van der Waals surface area (Å²) in [6.45, 7) is 0. The van der Waals surface area contributed by atoms with E-state index in [-0.39, 0.29) is 0 Å². The summed E-state index contributed by atoms with van der Waals surface area (Å²) in [5.41, 5.74) is 13.3. The first kappa shape index (κ1) is 31.8. The van der Waals surface area contributed by atoms with Crippen LogP contribution < -0.4 is 5.32 Å². The minimum Gasteiger partial charge on any atom is -0.355 e. The van der Waals surface area contributed by atoms with Crippen LogP contribution in [0.5, 0.6) is 0 Å². The number of para-hydroxylation sites is 2. The molecule has 0 saturated heterocycles. The van der Waals surface area contributed by atoms with E-state index in [4.69, 9.17) is 0 Å². The highest BCUT2D eigenvalue weighted by Gasteiger charge is 2.16. The van der Waals surface area contributed by atoms with Crippen molar-refractivity contribution in [3.05, 3.63) is 194 Å². The van der Waals surface area contributed by atoms with Gasteiger partial charge in [0.05, 0.1) is 11.0 Å². The third-order valence-corrected chi connectivity index (χ3v) is 12.4. The maximum atomic E-state index is 3.95. The lowest BCUT2D eigenvalue weighted by atomic mass is 9.93. The fourth-order valence-electron chi connectivity index (χ4n) is 8.56. The third-order valence-electron chi connectivity index (χ3n) is 11.3. The summed E-state index contributed by atoms with van der Waals surface area (Å²) in [7, 11) is 0. The van der Waals surface area contributed by atoms with Gasteiger partial charge in [-0.3, -0.25) is 0 Å². The molecule has 2 nitrogen and oxygen atoms in total. The summed E-state index contributed by atoms with van der Waals surface area (Å²) in [5, 5.41) is 11.5. The number of anilines is 2. The Bertz CT molecular complexity index is 3180. The third kappa shape index (κ3) is 5.47. The first-order valence-electron chi connectivity index (χ1n) is 19.1. The van der Waals surface area contributed by atoms with Gasteiger partial charge in [-0.1, -0.05) is 121 Å². The lowest BCUT2D eigenvalue weighted by molar-refractivity contribution is 1.05. The second-order valence-corrected chi connectivity index (χ2v) is 15.6. The Hall–Kier alpha value is -6.68. The second-order valence-electron chi connectivity index (χ2n) is 14.5. The van der Waals surface area contributed by atoms with E-state index < -0.39 is 0 Å². The summed E-state index contributed by atoms with van der Waals surface area (Å²) >= 11 is 1.87. The van der Waals surface area contributed by atoms with Crippen LogP contribution in [-0.2, 0) is 0 Å². The zero-order valence-electron chi connectivity index (χ0n) is 30.2. The first-order chi connectivity index (χ1) is 27.2. The molecule has 1 aliphatic carbocycles. The molecule has 0 saturated carbocycles. The minimum atomic E-state index is 1.03. The van der Waals surface area contributed by atoms with E-state index in [0.29, 0.717) is 0 Å². The van der Waals surface area contributed by atoms with Crippen LogP contribution in [0.1, 0.15) is 18.4 Å². The molecule has 3 heteroatoms. The van der Waals surface area contributed by atoms with E-state index >= 15 is 0 Å². The zero-order valence-corrected chi connectivity index (χ0v) is 31.0. The molecule has 0 amide bonds. The van der Waals surface area contributed by atoms with Gasteiger partial charge in [-0.15, -0.1) is 11.3 Å². The molecule has 10 aromatic rings. The molecule has 8 aromatic carbocycles. The summed E-state index contributed by atoms with van der Waals surface area (Å²) in [4.78, 5) is 0. The Labute approximate surface area is 323 Å². The Kier molecular flexibility index (Phi) is 7.53. The van der Waals surface area contributed by atoms with Crippen molar-refractivity contribution in [2.24, 2.45) is 0 Å². The smallest absolute Gasteiger partial charge is 0.0541 e. The van der Waals surface area contributed by atoms with Crippen molar-refractivity contribution in [1.82, 2.24) is 4.57 Å². The van der Waals surface area contributed by atoms with Crippen molar-refractivity contribution in [1.29, 1.82) is 0 Å². The average Bonchev–Trinajstić information content (AvgIpc) is 3.79. The molecule has 11 rings (SSSR count). The molecule has 0 aliphatic heterocycles. The van der Waals surface area contributed by atoms with Gasteiger partial charge in [0.2, 0.25) is 0 Å². The summed E-state index contributed by atoms with van der Waals surface area (Å²) in [6.07, 6.45) is 8.81. The Morgan fingerprint density at radius 2 is 1.18 bits per heavy atom. The van der Waals surface area contributed by atoms with E-state index in [9.17, 15) is 0 Å². The molecule has 0 bridgehead atoms. The highest BCUT2D eigenvalue weighted by atomic mass is 32.1. The fourth-order valence-corrected chi connectivity index (χ4v) is 9.65. The van der Waals surface area contributed by atoms with Gasteiger partial charge in [-0.2, -0.15) is 0 Å². The molecule has 1 aliphatic rings. The number of thiophene rings is 1. The van der Waals surface area contributed by atoms with Gasteiger partial charge >= 0.3 is 0 Å². The molecule has 55 heavy (non-hydrogen) atoms. The molecule has 2 aromatic heterocycles. The van der Waals surface area contributed by atoms with Crippen molar-refractivity contribution in [2.45, 2.75) is 12.8 Å². The Morgan fingerprint density at radius 3 is 2.07 bits per heavy atom. The van der Waals surface area contributed by atoms with Gasteiger partial charge in [-0.05, 0) is 113 Å². The number of nitrogens with zero attached hydrogens (tertiary/aromatic N) is 1. The largest absolute Gasteiger partial charge is 0.355 e. The molecule has 0 fully saturated rings. The number of hydrogen-bond donors (Lipinski definition) is 1. The molecule has 1 N–H and O–H groups in total. The number of aromatic nitrogens is 1. The van der Waals surface area contributed by atoms with E-state index in [1.165, 1.54) is 91.8 Å². The Morgan fingerprint density at radius 1 is 0.473 bits per heavy atom. The molecule has 0 unspecified atom stereocenters. The lowest BCUT2D eigenvalue weighted by Crippen LogP contribution is -1.99. The molecule has 260 valence electrons. The average molecular weight is 721 g/mol. The number of nitrogens with one attached hydrogen (secondary N) is 1.